The number of H-pyrrole nitrogens is 1. The topological polar surface area (TPSA) is 78.1 Å². The lowest BCUT2D eigenvalue weighted by molar-refractivity contribution is 0.391. The van der Waals surface area contributed by atoms with Gasteiger partial charge in [0.05, 0.1) is 6.20 Å². The van der Waals surface area contributed by atoms with E-state index < -0.39 is 10.0 Å². The van der Waals surface area contributed by atoms with Crippen molar-refractivity contribution in [1.29, 1.82) is 0 Å². The van der Waals surface area contributed by atoms with Gasteiger partial charge < -0.3 is 5.32 Å². The molecule has 116 valence electrons. The molecular formula is C13H26N4O2S. The summed E-state index contributed by atoms with van der Waals surface area (Å²) in [5.41, 5.74) is 0.676. The van der Waals surface area contributed by atoms with Crippen molar-refractivity contribution in [3.8, 4) is 0 Å². The molecular weight excluding hydrogens is 276 g/mol. The highest BCUT2D eigenvalue weighted by atomic mass is 32.2. The minimum atomic E-state index is -3.50. The normalized spacial score (nSPS) is 14.2. The van der Waals surface area contributed by atoms with Crippen LogP contribution in [0.3, 0.4) is 0 Å². The zero-order valence-corrected chi connectivity index (χ0v) is 13.8. The highest BCUT2D eigenvalue weighted by Gasteiger charge is 2.26. The third-order valence-corrected chi connectivity index (χ3v) is 5.15. The van der Waals surface area contributed by atoms with Crippen LogP contribution in [0, 0.1) is 5.92 Å². The predicted molar refractivity (Wildman–Crippen MR) is 79.8 cm³/mol. The van der Waals surface area contributed by atoms with Gasteiger partial charge >= 0.3 is 0 Å². The van der Waals surface area contributed by atoms with E-state index in [9.17, 15) is 8.42 Å². The van der Waals surface area contributed by atoms with Crippen LogP contribution in [0.5, 0.6) is 0 Å². The third kappa shape index (κ3) is 4.29. The fraction of sp³-hybridized carbons (Fsp3) is 0.769. The summed E-state index contributed by atoms with van der Waals surface area (Å²) in [6, 6.07) is 0.290. The van der Waals surface area contributed by atoms with Crippen LogP contribution < -0.4 is 5.32 Å². The van der Waals surface area contributed by atoms with Gasteiger partial charge in [-0.1, -0.05) is 34.1 Å². The molecule has 0 radical (unpaired) electrons. The number of nitrogens with one attached hydrogen (secondary N) is 2. The average molecular weight is 302 g/mol. The monoisotopic (exact) mass is 302 g/mol. The van der Waals surface area contributed by atoms with E-state index in [1.165, 1.54) is 4.31 Å². The molecule has 6 nitrogen and oxygen atoms in total. The van der Waals surface area contributed by atoms with Crippen molar-refractivity contribution in [3.05, 3.63) is 11.8 Å². The molecule has 1 rings (SSSR count). The summed E-state index contributed by atoms with van der Waals surface area (Å²) >= 11 is 0. The molecule has 0 aliphatic heterocycles. The maximum atomic E-state index is 12.5. The lowest BCUT2D eigenvalue weighted by atomic mass is 10.1. The molecule has 20 heavy (non-hydrogen) atoms. The smallest absolute Gasteiger partial charge is 0.260 e. The summed E-state index contributed by atoms with van der Waals surface area (Å²) in [5, 5.41) is 9.90. The Morgan fingerprint density at radius 3 is 2.60 bits per heavy atom. The standard InChI is InChI=1S/C13H26N4O2S/c1-6-11(4)9-17(5)20(18,19)13-12(8-15-16-13)7-14-10(2)3/h8,10-11,14H,6-7,9H2,1-5H3,(H,15,16). The van der Waals surface area contributed by atoms with Crippen molar-refractivity contribution in [2.45, 2.75) is 51.7 Å². The largest absolute Gasteiger partial charge is 0.310 e. The van der Waals surface area contributed by atoms with E-state index in [-0.39, 0.29) is 5.03 Å². The fourth-order valence-electron chi connectivity index (χ4n) is 1.78. The number of aromatic amines is 1. The first-order chi connectivity index (χ1) is 9.28. The number of hydrogen-bond acceptors (Lipinski definition) is 4. The Balaban J connectivity index is 2.90. The van der Waals surface area contributed by atoms with Gasteiger partial charge in [0, 0.05) is 31.7 Å². The quantitative estimate of drug-likeness (QED) is 0.764. The summed E-state index contributed by atoms with van der Waals surface area (Å²) < 4.78 is 26.5. The molecule has 0 spiro atoms. The summed E-state index contributed by atoms with van der Waals surface area (Å²) in [6.45, 7) is 9.13. The molecule has 1 aromatic heterocycles. The van der Waals surface area contributed by atoms with Crippen molar-refractivity contribution >= 4 is 10.0 Å². The summed E-state index contributed by atoms with van der Waals surface area (Å²) in [5.74, 6) is 0.329. The van der Waals surface area contributed by atoms with E-state index in [1.54, 1.807) is 13.2 Å². The first-order valence-electron chi connectivity index (χ1n) is 7.01. The molecule has 0 aliphatic rings. The van der Waals surface area contributed by atoms with Gasteiger partial charge in [0.15, 0.2) is 5.03 Å². The Morgan fingerprint density at radius 1 is 1.40 bits per heavy atom. The first-order valence-corrected chi connectivity index (χ1v) is 8.45. The van der Waals surface area contributed by atoms with E-state index in [0.717, 1.165) is 6.42 Å². The van der Waals surface area contributed by atoms with Gasteiger partial charge in [-0.2, -0.15) is 9.40 Å². The maximum Gasteiger partial charge on any atom is 0.260 e. The molecule has 7 heteroatoms. The van der Waals surface area contributed by atoms with Crippen molar-refractivity contribution in [1.82, 2.24) is 19.8 Å². The van der Waals surface area contributed by atoms with Crippen LogP contribution in [0.1, 0.15) is 39.7 Å². The second-order valence-corrected chi connectivity index (χ2v) is 7.54. The Kier molecular flexibility index (Phi) is 6.16. The summed E-state index contributed by atoms with van der Waals surface area (Å²) in [6.07, 6.45) is 2.52. The zero-order chi connectivity index (χ0) is 15.3. The SMILES string of the molecule is CCC(C)CN(C)S(=O)(=O)c1[nH]ncc1CNC(C)C. The van der Waals surface area contributed by atoms with Crippen molar-refractivity contribution in [3.63, 3.8) is 0 Å². The maximum absolute atomic E-state index is 12.5. The third-order valence-electron chi connectivity index (χ3n) is 3.31. The lowest BCUT2D eigenvalue weighted by Gasteiger charge is -2.20. The van der Waals surface area contributed by atoms with Gasteiger partial charge in [-0.25, -0.2) is 8.42 Å². The Morgan fingerprint density at radius 2 is 2.05 bits per heavy atom. The van der Waals surface area contributed by atoms with Gasteiger partial charge in [0.2, 0.25) is 0 Å². The van der Waals surface area contributed by atoms with Crippen LogP contribution in [0.4, 0.5) is 0 Å². The lowest BCUT2D eigenvalue weighted by Crippen LogP contribution is -2.32. The van der Waals surface area contributed by atoms with Crippen molar-refractivity contribution in [2.75, 3.05) is 13.6 Å². The van der Waals surface area contributed by atoms with E-state index >= 15 is 0 Å². The number of rotatable bonds is 8. The number of sulfonamides is 1. The minimum Gasteiger partial charge on any atom is -0.310 e. The van der Waals surface area contributed by atoms with Crippen LogP contribution >= 0.6 is 0 Å². The number of aromatic nitrogens is 2. The molecule has 1 unspecified atom stereocenters. The van der Waals surface area contributed by atoms with Crippen LogP contribution in [-0.2, 0) is 16.6 Å². The molecule has 0 aliphatic carbocycles. The van der Waals surface area contributed by atoms with Crippen LogP contribution in [0.2, 0.25) is 0 Å². The van der Waals surface area contributed by atoms with Crippen molar-refractivity contribution in [2.24, 2.45) is 5.92 Å². The van der Waals surface area contributed by atoms with Gasteiger partial charge in [-0.05, 0) is 5.92 Å². The van der Waals surface area contributed by atoms with Crippen LogP contribution in [0.15, 0.2) is 11.2 Å². The first kappa shape index (κ1) is 17.1. The van der Waals surface area contributed by atoms with Gasteiger partial charge in [-0.15, -0.1) is 0 Å². The minimum absolute atomic E-state index is 0.191. The Hall–Kier alpha value is -0.920. The number of hydrogen-bond donors (Lipinski definition) is 2. The Labute approximate surface area is 122 Å². The average Bonchev–Trinajstić information content (AvgIpc) is 2.84. The van der Waals surface area contributed by atoms with E-state index in [1.807, 2.05) is 20.8 Å². The number of nitrogens with zero attached hydrogens (tertiary/aromatic N) is 2. The van der Waals surface area contributed by atoms with Gasteiger partial charge in [0.1, 0.15) is 0 Å². The van der Waals surface area contributed by atoms with E-state index in [4.69, 9.17) is 0 Å². The fourth-order valence-corrected chi connectivity index (χ4v) is 3.17. The van der Waals surface area contributed by atoms with Crippen molar-refractivity contribution < 1.29 is 8.42 Å². The van der Waals surface area contributed by atoms with E-state index in [2.05, 4.69) is 22.4 Å². The summed E-state index contributed by atoms with van der Waals surface area (Å²) in [4.78, 5) is 0. The van der Waals surface area contributed by atoms with Gasteiger partial charge in [0.25, 0.3) is 10.0 Å². The molecule has 0 amide bonds. The summed E-state index contributed by atoms with van der Waals surface area (Å²) in [7, 11) is -1.89. The molecule has 1 aromatic rings. The second kappa shape index (κ2) is 7.19. The highest BCUT2D eigenvalue weighted by molar-refractivity contribution is 7.89. The molecule has 0 saturated heterocycles. The molecule has 0 aromatic carbocycles. The Bertz CT molecular complexity index is 510. The molecule has 2 N–H and O–H groups in total. The zero-order valence-electron chi connectivity index (χ0n) is 13.0. The molecule has 0 bridgehead atoms. The van der Waals surface area contributed by atoms with Crippen LogP contribution in [-0.4, -0.2) is 42.6 Å². The molecule has 0 fully saturated rings. The second-order valence-electron chi connectivity index (χ2n) is 5.56. The van der Waals surface area contributed by atoms with E-state index in [0.29, 0.717) is 30.6 Å². The molecule has 1 heterocycles. The van der Waals surface area contributed by atoms with Crippen LogP contribution in [0.25, 0.3) is 0 Å². The molecule has 0 saturated carbocycles. The molecule has 1 atom stereocenters. The predicted octanol–water partition coefficient (Wildman–Crippen LogP) is 1.57. The highest BCUT2D eigenvalue weighted by Crippen LogP contribution is 2.18. The van der Waals surface area contributed by atoms with Gasteiger partial charge in [-0.3, -0.25) is 5.10 Å².